The molecule has 0 spiro atoms. The summed E-state index contributed by atoms with van der Waals surface area (Å²) >= 11 is 1.48. The molecular formula is C14H17N3OS. The molecule has 1 aromatic heterocycles. The molecule has 2 aromatic rings. The molecular weight excluding hydrogens is 258 g/mol. The molecule has 0 bridgehead atoms. The van der Waals surface area contributed by atoms with Gasteiger partial charge in [-0.3, -0.25) is 0 Å². The van der Waals surface area contributed by atoms with Crippen LogP contribution in [0.25, 0.3) is 0 Å². The Morgan fingerprint density at radius 3 is 2.63 bits per heavy atom. The standard InChI is InChI=1S/C14H17N3OS/c1-14(2,3)12-9-19-13(16-12)17-15-8-10-6-4-5-7-11(10)18/h4-7,9,18H,8H2,1-3H3. The van der Waals surface area contributed by atoms with Crippen molar-refractivity contribution in [1.82, 2.24) is 4.98 Å². The first-order chi connectivity index (χ1) is 8.97. The third-order valence-corrected chi connectivity index (χ3v) is 3.37. The van der Waals surface area contributed by atoms with Gasteiger partial charge in [-0.2, -0.15) is 5.11 Å². The second-order valence-electron chi connectivity index (χ2n) is 5.29. The van der Waals surface area contributed by atoms with Crippen LogP contribution in [0.5, 0.6) is 5.75 Å². The molecule has 4 nitrogen and oxygen atoms in total. The van der Waals surface area contributed by atoms with E-state index in [0.29, 0.717) is 11.7 Å². The van der Waals surface area contributed by atoms with Gasteiger partial charge in [-0.25, -0.2) is 4.98 Å². The van der Waals surface area contributed by atoms with E-state index >= 15 is 0 Å². The molecule has 0 aliphatic carbocycles. The molecule has 1 N–H and O–H groups in total. The number of aromatic hydroxyl groups is 1. The van der Waals surface area contributed by atoms with Crippen LogP contribution in [0, 0.1) is 0 Å². The van der Waals surface area contributed by atoms with E-state index in [2.05, 4.69) is 36.0 Å². The Labute approximate surface area is 116 Å². The average molecular weight is 275 g/mol. The second kappa shape index (κ2) is 5.48. The first-order valence-corrected chi connectivity index (χ1v) is 6.95. The first kappa shape index (κ1) is 13.7. The van der Waals surface area contributed by atoms with Gasteiger partial charge in [0.15, 0.2) is 0 Å². The molecule has 0 aliphatic heterocycles. The summed E-state index contributed by atoms with van der Waals surface area (Å²) in [7, 11) is 0. The lowest BCUT2D eigenvalue weighted by atomic mass is 9.93. The van der Waals surface area contributed by atoms with E-state index in [4.69, 9.17) is 0 Å². The van der Waals surface area contributed by atoms with Crippen LogP contribution < -0.4 is 0 Å². The van der Waals surface area contributed by atoms with Gasteiger partial charge in [0.25, 0.3) is 0 Å². The van der Waals surface area contributed by atoms with Crippen LogP contribution in [0.2, 0.25) is 0 Å². The molecule has 1 heterocycles. The SMILES string of the molecule is CC(C)(C)c1csc(N=NCc2ccccc2O)n1. The van der Waals surface area contributed by atoms with Gasteiger partial charge in [0.2, 0.25) is 5.13 Å². The van der Waals surface area contributed by atoms with Crippen LogP contribution in [0.1, 0.15) is 32.0 Å². The topological polar surface area (TPSA) is 57.8 Å². The highest BCUT2D eigenvalue weighted by molar-refractivity contribution is 7.13. The average Bonchev–Trinajstić information content (AvgIpc) is 2.80. The number of benzene rings is 1. The Morgan fingerprint density at radius 2 is 2.00 bits per heavy atom. The summed E-state index contributed by atoms with van der Waals surface area (Å²) in [5.74, 6) is 0.246. The maximum Gasteiger partial charge on any atom is 0.229 e. The van der Waals surface area contributed by atoms with Crippen molar-refractivity contribution in [1.29, 1.82) is 0 Å². The highest BCUT2D eigenvalue weighted by Gasteiger charge is 2.17. The van der Waals surface area contributed by atoms with Crippen LogP contribution in [-0.4, -0.2) is 10.1 Å². The largest absolute Gasteiger partial charge is 0.508 e. The zero-order valence-electron chi connectivity index (χ0n) is 11.3. The van der Waals surface area contributed by atoms with Crippen LogP contribution >= 0.6 is 11.3 Å². The van der Waals surface area contributed by atoms with Crippen molar-refractivity contribution in [2.75, 3.05) is 0 Å². The summed E-state index contributed by atoms with van der Waals surface area (Å²) in [5.41, 5.74) is 1.81. The molecule has 0 saturated heterocycles. The van der Waals surface area contributed by atoms with E-state index in [-0.39, 0.29) is 11.2 Å². The van der Waals surface area contributed by atoms with Gasteiger partial charge in [0, 0.05) is 16.4 Å². The fourth-order valence-corrected chi connectivity index (χ4v) is 2.35. The lowest BCUT2D eigenvalue weighted by Crippen LogP contribution is -2.10. The van der Waals surface area contributed by atoms with Gasteiger partial charge < -0.3 is 5.11 Å². The number of para-hydroxylation sites is 1. The number of aromatic nitrogens is 1. The van der Waals surface area contributed by atoms with Gasteiger partial charge in [0.1, 0.15) is 5.75 Å². The number of azo groups is 1. The minimum absolute atomic E-state index is 0.0297. The molecule has 0 radical (unpaired) electrons. The zero-order valence-corrected chi connectivity index (χ0v) is 12.1. The van der Waals surface area contributed by atoms with E-state index in [9.17, 15) is 5.11 Å². The Hall–Kier alpha value is -1.75. The predicted octanol–water partition coefficient (Wildman–Crippen LogP) is 4.43. The van der Waals surface area contributed by atoms with Crippen molar-refractivity contribution in [3.8, 4) is 5.75 Å². The molecule has 0 atom stereocenters. The number of hydrogen-bond donors (Lipinski definition) is 1. The zero-order chi connectivity index (χ0) is 13.9. The van der Waals surface area contributed by atoms with E-state index in [1.807, 2.05) is 17.5 Å². The normalized spacial score (nSPS) is 12.2. The van der Waals surface area contributed by atoms with E-state index in [1.54, 1.807) is 12.1 Å². The van der Waals surface area contributed by atoms with E-state index < -0.39 is 0 Å². The molecule has 2 rings (SSSR count). The number of rotatable bonds is 3. The fraction of sp³-hybridized carbons (Fsp3) is 0.357. The molecule has 0 saturated carbocycles. The number of thiazole rings is 1. The fourth-order valence-electron chi connectivity index (χ4n) is 1.47. The van der Waals surface area contributed by atoms with Gasteiger partial charge in [-0.05, 0) is 6.07 Å². The smallest absolute Gasteiger partial charge is 0.229 e. The Morgan fingerprint density at radius 1 is 1.26 bits per heavy atom. The molecule has 0 unspecified atom stereocenters. The minimum Gasteiger partial charge on any atom is -0.508 e. The summed E-state index contributed by atoms with van der Waals surface area (Å²) in [6.45, 7) is 6.71. The maximum absolute atomic E-state index is 9.60. The lowest BCUT2D eigenvalue weighted by Gasteiger charge is -2.13. The maximum atomic E-state index is 9.60. The summed E-state index contributed by atoms with van der Waals surface area (Å²) in [5, 5.41) is 20.4. The molecule has 0 aliphatic rings. The highest BCUT2D eigenvalue weighted by atomic mass is 32.1. The van der Waals surface area contributed by atoms with Crippen LogP contribution in [0.3, 0.4) is 0 Å². The highest BCUT2D eigenvalue weighted by Crippen LogP contribution is 2.28. The molecule has 0 amide bonds. The summed E-state index contributed by atoms with van der Waals surface area (Å²) < 4.78 is 0. The molecule has 5 heteroatoms. The van der Waals surface area contributed by atoms with Crippen molar-refractivity contribution in [2.24, 2.45) is 10.2 Å². The van der Waals surface area contributed by atoms with Crippen LogP contribution in [0.4, 0.5) is 5.13 Å². The van der Waals surface area contributed by atoms with E-state index in [1.165, 1.54) is 11.3 Å². The van der Waals surface area contributed by atoms with Gasteiger partial charge in [0.05, 0.1) is 12.2 Å². The molecule has 1 aromatic carbocycles. The number of hydrogen-bond acceptors (Lipinski definition) is 5. The van der Waals surface area contributed by atoms with Gasteiger partial charge in [-0.1, -0.05) is 39.0 Å². The van der Waals surface area contributed by atoms with Crippen molar-refractivity contribution in [3.05, 3.63) is 40.9 Å². The van der Waals surface area contributed by atoms with Crippen molar-refractivity contribution in [2.45, 2.75) is 32.7 Å². The first-order valence-electron chi connectivity index (χ1n) is 6.07. The Bertz CT molecular complexity index is 584. The second-order valence-corrected chi connectivity index (χ2v) is 6.13. The van der Waals surface area contributed by atoms with Crippen molar-refractivity contribution >= 4 is 16.5 Å². The molecule has 0 fully saturated rings. The van der Waals surface area contributed by atoms with Gasteiger partial charge in [-0.15, -0.1) is 16.5 Å². The quantitative estimate of drug-likeness (QED) is 0.842. The predicted molar refractivity (Wildman–Crippen MR) is 77.1 cm³/mol. The third kappa shape index (κ3) is 3.61. The third-order valence-electron chi connectivity index (χ3n) is 2.65. The Balaban J connectivity index is 2.04. The number of phenolic OH excluding ortho intramolecular Hbond substituents is 1. The summed E-state index contributed by atoms with van der Waals surface area (Å²) in [6, 6.07) is 7.13. The van der Waals surface area contributed by atoms with E-state index in [0.717, 1.165) is 11.3 Å². The van der Waals surface area contributed by atoms with Crippen molar-refractivity contribution in [3.63, 3.8) is 0 Å². The number of nitrogens with zero attached hydrogens (tertiary/aromatic N) is 3. The molecule has 100 valence electrons. The number of phenols is 1. The monoisotopic (exact) mass is 275 g/mol. The summed E-state index contributed by atoms with van der Waals surface area (Å²) in [4.78, 5) is 4.43. The lowest BCUT2D eigenvalue weighted by molar-refractivity contribution is 0.468. The summed E-state index contributed by atoms with van der Waals surface area (Å²) in [6.07, 6.45) is 0. The Kier molecular flexibility index (Phi) is 3.95. The minimum atomic E-state index is 0.0297. The van der Waals surface area contributed by atoms with Gasteiger partial charge >= 0.3 is 0 Å². The van der Waals surface area contributed by atoms with Crippen LogP contribution in [0.15, 0.2) is 39.9 Å². The molecule has 19 heavy (non-hydrogen) atoms. The van der Waals surface area contributed by atoms with Crippen molar-refractivity contribution < 1.29 is 5.11 Å². The van der Waals surface area contributed by atoms with Crippen LogP contribution in [-0.2, 0) is 12.0 Å².